The number of amides is 3. The van der Waals surface area contributed by atoms with E-state index < -0.39 is 18.5 Å². The molecule has 1 N–H and O–H groups in total. The third-order valence-corrected chi connectivity index (χ3v) is 3.88. The molecule has 1 heterocycles. The van der Waals surface area contributed by atoms with Crippen LogP contribution >= 0.6 is 0 Å². The minimum atomic E-state index is -0.657. The molecule has 0 atom stereocenters. The van der Waals surface area contributed by atoms with Gasteiger partial charge in [-0.2, -0.15) is 0 Å². The van der Waals surface area contributed by atoms with Gasteiger partial charge in [-0.1, -0.05) is 6.07 Å². The van der Waals surface area contributed by atoms with Gasteiger partial charge in [-0.15, -0.1) is 0 Å². The first-order valence-electron chi connectivity index (χ1n) is 7.94. The van der Waals surface area contributed by atoms with Crippen molar-refractivity contribution >= 4 is 29.4 Å². The van der Waals surface area contributed by atoms with Crippen LogP contribution in [0.4, 0.5) is 5.69 Å². The maximum absolute atomic E-state index is 12.1. The van der Waals surface area contributed by atoms with Crippen LogP contribution in [0.3, 0.4) is 0 Å². The number of carbonyl (C=O) groups excluding carboxylic acids is 4. The van der Waals surface area contributed by atoms with Crippen molar-refractivity contribution in [2.24, 2.45) is 0 Å². The predicted molar refractivity (Wildman–Crippen MR) is 90.0 cm³/mol. The standard InChI is InChI=1S/C17H21N3O5/c1-18-14(21)10-19(2)16(23)11-25-17(24)12-5-3-6-13(9-12)20-8-4-7-15(20)22/h3,5-6,9H,4,7-8,10-11H2,1-2H3,(H,18,21). The van der Waals surface area contributed by atoms with Crippen LogP contribution in [0.5, 0.6) is 0 Å². The maximum Gasteiger partial charge on any atom is 0.338 e. The zero-order chi connectivity index (χ0) is 18.4. The summed E-state index contributed by atoms with van der Waals surface area (Å²) in [5.74, 6) is -1.43. The number of anilines is 1. The van der Waals surface area contributed by atoms with Crippen LogP contribution in [0.2, 0.25) is 0 Å². The second-order valence-electron chi connectivity index (χ2n) is 5.70. The van der Waals surface area contributed by atoms with Crippen molar-refractivity contribution in [3.05, 3.63) is 29.8 Å². The Morgan fingerprint density at radius 2 is 2.08 bits per heavy atom. The number of likely N-dealkylation sites (N-methyl/N-ethyl adjacent to an activating group) is 2. The van der Waals surface area contributed by atoms with Gasteiger partial charge in [-0.25, -0.2) is 4.79 Å². The summed E-state index contributed by atoms with van der Waals surface area (Å²) in [4.78, 5) is 49.8. The molecule has 1 aliphatic heterocycles. The van der Waals surface area contributed by atoms with Crippen LogP contribution in [0.25, 0.3) is 0 Å². The Balaban J connectivity index is 1.93. The van der Waals surface area contributed by atoms with Crippen molar-refractivity contribution < 1.29 is 23.9 Å². The molecule has 0 aromatic heterocycles. The summed E-state index contributed by atoms with van der Waals surface area (Å²) in [6.07, 6.45) is 1.29. The number of carbonyl (C=O) groups is 4. The molecule has 0 bridgehead atoms. The molecule has 3 amide bonds. The smallest absolute Gasteiger partial charge is 0.338 e. The highest BCUT2D eigenvalue weighted by atomic mass is 16.5. The van der Waals surface area contributed by atoms with E-state index in [1.807, 2.05) is 0 Å². The molecule has 1 aliphatic rings. The van der Waals surface area contributed by atoms with Crippen molar-refractivity contribution in [3.63, 3.8) is 0 Å². The molecule has 1 aromatic rings. The normalized spacial score (nSPS) is 13.5. The summed E-state index contributed by atoms with van der Waals surface area (Å²) in [7, 11) is 2.92. The third-order valence-electron chi connectivity index (χ3n) is 3.88. The maximum atomic E-state index is 12.1. The quantitative estimate of drug-likeness (QED) is 0.740. The minimum absolute atomic E-state index is 0.0246. The molecule has 25 heavy (non-hydrogen) atoms. The predicted octanol–water partition coefficient (Wildman–Crippen LogP) is 0.175. The lowest BCUT2D eigenvalue weighted by atomic mass is 10.2. The molecular formula is C17H21N3O5. The van der Waals surface area contributed by atoms with E-state index in [0.29, 0.717) is 18.7 Å². The number of benzene rings is 1. The van der Waals surface area contributed by atoms with Gasteiger partial charge >= 0.3 is 5.97 Å². The van der Waals surface area contributed by atoms with Crippen molar-refractivity contribution in [2.75, 3.05) is 38.7 Å². The van der Waals surface area contributed by atoms with Crippen LogP contribution < -0.4 is 10.2 Å². The van der Waals surface area contributed by atoms with Crippen molar-refractivity contribution in [2.45, 2.75) is 12.8 Å². The van der Waals surface area contributed by atoms with Gasteiger partial charge in [0.05, 0.1) is 12.1 Å². The Labute approximate surface area is 145 Å². The first kappa shape index (κ1) is 18.4. The van der Waals surface area contributed by atoms with Gasteiger partial charge in [0.1, 0.15) is 0 Å². The fourth-order valence-corrected chi connectivity index (χ4v) is 2.43. The van der Waals surface area contributed by atoms with Gasteiger partial charge in [0, 0.05) is 32.7 Å². The van der Waals surface area contributed by atoms with E-state index in [1.54, 1.807) is 29.2 Å². The average molecular weight is 347 g/mol. The summed E-state index contributed by atoms with van der Waals surface area (Å²) in [5.41, 5.74) is 0.902. The Hall–Kier alpha value is -2.90. The molecular weight excluding hydrogens is 326 g/mol. The highest BCUT2D eigenvalue weighted by Crippen LogP contribution is 2.22. The molecule has 2 rings (SSSR count). The fraction of sp³-hybridized carbons (Fsp3) is 0.412. The monoisotopic (exact) mass is 347 g/mol. The molecule has 0 radical (unpaired) electrons. The zero-order valence-corrected chi connectivity index (χ0v) is 14.3. The number of hydrogen-bond donors (Lipinski definition) is 1. The second kappa shape index (κ2) is 8.27. The number of rotatable bonds is 6. The first-order chi connectivity index (χ1) is 11.9. The van der Waals surface area contributed by atoms with E-state index in [2.05, 4.69) is 5.32 Å². The minimum Gasteiger partial charge on any atom is -0.452 e. The summed E-state index contributed by atoms with van der Waals surface area (Å²) in [5, 5.41) is 2.41. The SMILES string of the molecule is CNC(=O)CN(C)C(=O)COC(=O)c1cccc(N2CCCC2=O)c1. The molecule has 1 aromatic carbocycles. The average Bonchev–Trinajstić information content (AvgIpc) is 3.05. The molecule has 1 saturated heterocycles. The number of nitrogens with zero attached hydrogens (tertiary/aromatic N) is 2. The summed E-state index contributed by atoms with van der Waals surface area (Å²) in [6, 6.07) is 6.55. The Morgan fingerprint density at radius 3 is 2.72 bits per heavy atom. The lowest BCUT2D eigenvalue weighted by Crippen LogP contribution is -2.39. The number of hydrogen-bond acceptors (Lipinski definition) is 5. The van der Waals surface area contributed by atoms with E-state index in [-0.39, 0.29) is 23.9 Å². The number of esters is 1. The third kappa shape index (κ3) is 4.79. The van der Waals surface area contributed by atoms with Gasteiger partial charge in [-0.3, -0.25) is 14.4 Å². The van der Waals surface area contributed by atoms with Gasteiger partial charge in [-0.05, 0) is 24.6 Å². The van der Waals surface area contributed by atoms with Gasteiger partial charge in [0.25, 0.3) is 5.91 Å². The summed E-state index contributed by atoms with van der Waals surface area (Å²) in [6.45, 7) is 0.0543. The van der Waals surface area contributed by atoms with Crippen LogP contribution in [-0.2, 0) is 19.1 Å². The Bertz CT molecular complexity index is 689. The zero-order valence-electron chi connectivity index (χ0n) is 14.3. The van der Waals surface area contributed by atoms with E-state index >= 15 is 0 Å². The highest BCUT2D eigenvalue weighted by Gasteiger charge is 2.22. The lowest BCUT2D eigenvalue weighted by molar-refractivity contribution is -0.137. The van der Waals surface area contributed by atoms with Crippen LogP contribution in [0, 0.1) is 0 Å². The van der Waals surface area contributed by atoms with Crippen LogP contribution in [0.15, 0.2) is 24.3 Å². The molecule has 8 nitrogen and oxygen atoms in total. The van der Waals surface area contributed by atoms with Crippen LogP contribution in [0.1, 0.15) is 23.2 Å². The molecule has 1 fully saturated rings. The second-order valence-corrected chi connectivity index (χ2v) is 5.70. The largest absolute Gasteiger partial charge is 0.452 e. The van der Waals surface area contributed by atoms with Crippen molar-refractivity contribution in [3.8, 4) is 0 Å². The van der Waals surface area contributed by atoms with Crippen molar-refractivity contribution in [1.82, 2.24) is 10.2 Å². The molecule has 0 spiro atoms. The topological polar surface area (TPSA) is 96.0 Å². The Kier molecular flexibility index (Phi) is 6.10. The highest BCUT2D eigenvalue weighted by molar-refractivity contribution is 5.98. The van der Waals surface area contributed by atoms with Gasteiger partial charge in [0.15, 0.2) is 6.61 Å². The van der Waals surface area contributed by atoms with Crippen LogP contribution in [-0.4, -0.2) is 62.4 Å². The van der Waals surface area contributed by atoms with E-state index in [4.69, 9.17) is 4.74 Å². The van der Waals surface area contributed by atoms with Gasteiger partial charge in [0.2, 0.25) is 11.8 Å². The Morgan fingerprint density at radius 1 is 1.32 bits per heavy atom. The number of nitrogens with one attached hydrogen (secondary N) is 1. The number of ether oxygens (including phenoxy) is 1. The van der Waals surface area contributed by atoms with E-state index in [1.165, 1.54) is 19.0 Å². The molecule has 0 aliphatic carbocycles. The van der Waals surface area contributed by atoms with E-state index in [9.17, 15) is 19.2 Å². The van der Waals surface area contributed by atoms with Crippen molar-refractivity contribution in [1.29, 1.82) is 0 Å². The molecule has 0 saturated carbocycles. The summed E-state index contributed by atoms with van der Waals surface area (Å²) >= 11 is 0. The van der Waals surface area contributed by atoms with Gasteiger partial charge < -0.3 is 19.9 Å². The molecule has 0 unspecified atom stereocenters. The van der Waals surface area contributed by atoms with E-state index in [0.717, 1.165) is 6.42 Å². The lowest BCUT2D eigenvalue weighted by Gasteiger charge is -2.17. The fourth-order valence-electron chi connectivity index (χ4n) is 2.43. The summed E-state index contributed by atoms with van der Waals surface area (Å²) < 4.78 is 5.01. The molecule has 8 heteroatoms. The first-order valence-corrected chi connectivity index (χ1v) is 7.94. The molecule has 134 valence electrons.